The highest BCUT2D eigenvalue weighted by Crippen LogP contribution is 2.38. The van der Waals surface area contributed by atoms with Gasteiger partial charge in [0.15, 0.2) is 9.84 Å². The fourth-order valence-corrected chi connectivity index (χ4v) is 5.03. The number of carbonyl (C=O) groups excluding carboxylic acids is 1. The molecule has 0 spiro atoms. The fraction of sp³-hybridized carbons (Fsp3) is 0.579. The Morgan fingerprint density at radius 2 is 1.89 bits per heavy atom. The second-order valence-electron chi connectivity index (χ2n) is 8.51. The van der Waals surface area contributed by atoms with Crippen molar-refractivity contribution in [2.45, 2.75) is 44.4 Å². The van der Waals surface area contributed by atoms with Gasteiger partial charge in [0.1, 0.15) is 27.7 Å². The molecule has 2 heterocycles. The van der Waals surface area contributed by atoms with E-state index >= 15 is 0 Å². The molecule has 2 aliphatic rings. The van der Waals surface area contributed by atoms with Crippen molar-refractivity contribution >= 4 is 21.5 Å². The topological polar surface area (TPSA) is 98.8 Å². The molecule has 0 unspecified atom stereocenters. The summed E-state index contributed by atoms with van der Waals surface area (Å²) in [6.45, 7) is 7.14. The Labute approximate surface area is 158 Å². The van der Waals surface area contributed by atoms with Crippen LogP contribution in [0.3, 0.4) is 0 Å². The minimum absolute atomic E-state index is 0.0110. The van der Waals surface area contributed by atoms with Crippen LogP contribution in [-0.4, -0.2) is 43.8 Å². The summed E-state index contributed by atoms with van der Waals surface area (Å²) >= 11 is 0. The number of ether oxygens (including phenoxy) is 1. The number of Topliss-reactive ketones (excluding diaryl/α,β-unsaturated/α-hetero) is 1. The molecule has 148 valence electrons. The molecule has 0 aliphatic carbocycles. The van der Waals surface area contributed by atoms with Crippen LogP contribution in [0.2, 0.25) is 0 Å². The lowest BCUT2D eigenvalue weighted by atomic mass is 9.80. The number of nitrogens with zero attached hydrogens (tertiary/aromatic N) is 1. The van der Waals surface area contributed by atoms with Gasteiger partial charge in [0.2, 0.25) is 0 Å². The standard InChI is InChI=1S/C19H25FN2O4S/c1-17(2)16(21)22-19(4,11-27(17,24)25)13-7-12(5-6-14(13)20)8-15(23)18(3)9-26-10-18/h5-7H,8-11H2,1-4H3,(H2,21,22)/t19-/m0/s1. The van der Waals surface area contributed by atoms with E-state index in [4.69, 9.17) is 10.5 Å². The fourth-order valence-electron chi connectivity index (χ4n) is 3.34. The lowest BCUT2D eigenvalue weighted by molar-refractivity contribution is -0.154. The average molecular weight is 396 g/mol. The Bertz CT molecular complexity index is 935. The summed E-state index contributed by atoms with van der Waals surface area (Å²) < 4.78 is 43.8. The van der Waals surface area contributed by atoms with Gasteiger partial charge < -0.3 is 10.5 Å². The number of halogens is 1. The third kappa shape index (κ3) is 3.18. The Kier molecular flexibility index (Phi) is 4.51. The van der Waals surface area contributed by atoms with Crippen molar-refractivity contribution in [1.29, 1.82) is 0 Å². The maximum absolute atomic E-state index is 14.6. The molecule has 1 fully saturated rings. The van der Waals surface area contributed by atoms with Gasteiger partial charge in [0, 0.05) is 12.0 Å². The first-order valence-electron chi connectivity index (χ1n) is 8.79. The summed E-state index contributed by atoms with van der Waals surface area (Å²) in [5, 5.41) is 0. The SMILES string of the molecule is CC1(C(=O)Cc2ccc(F)c([C@]3(C)CS(=O)(=O)C(C)(C)C(N)=N3)c2)COC1. The predicted octanol–water partition coefficient (Wildman–Crippen LogP) is 1.75. The maximum atomic E-state index is 14.6. The minimum Gasteiger partial charge on any atom is -0.386 e. The van der Waals surface area contributed by atoms with E-state index in [0.29, 0.717) is 18.8 Å². The van der Waals surface area contributed by atoms with Crippen molar-refractivity contribution in [3.8, 4) is 0 Å². The lowest BCUT2D eigenvalue weighted by Gasteiger charge is -2.38. The van der Waals surface area contributed by atoms with E-state index in [0.717, 1.165) is 0 Å². The number of benzene rings is 1. The molecule has 2 N–H and O–H groups in total. The van der Waals surface area contributed by atoms with E-state index in [9.17, 15) is 17.6 Å². The summed E-state index contributed by atoms with van der Waals surface area (Å²) in [7, 11) is -3.64. The van der Waals surface area contributed by atoms with E-state index in [2.05, 4.69) is 4.99 Å². The van der Waals surface area contributed by atoms with Crippen LogP contribution >= 0.6 is 0 Å². The number of hydrogen-bond acceptors (Lipinski definition) is 6. The van der Waals surface area contributed by atoms with Gasteiger partial charge >= 0.3 is 0 Å². The van der Waals surface area contributed by atoms with Gasteiger partial charge in [-0.05, 0) is 45.4 Å². The zero-order chi connectivity index (χ0) is 20.3. The Morgan fingerprint density at radius 3 is 2.41 bits per heavy atom. The quantitative estimate of drug-likeness (QED) is 0.836. The van der Waals surface area contributed by atoms with Gasteiger partial charge in [-0.15, -0.1) is 0 Å². The molecular weight excluding hydrogens is 371 g/mol. The van der Waals surface area contributed by atoms with Crippen molar-refractivity contribution in [1.82, 2.24) is 0 Å². The van der Waals surface area contributed by atoms with Crippen LogP contribution in [0.4, 0.5) is 4.39 Å². The van der Waals surface area contributed by atoms with Crippen molar-refractivity contribution in [2.24, 2.45) is 16.1 Å². The average Bonchev–Trinajstić information content (AvgIpc) is 2.52. The molecule has 1 saturated heterocycles. The van der Waals surface area contributed by atoms with Crippen LogP contribution in [0.5, 0.6) is 0 Å². The highest BCUT2D eigenvalue weighted by atomic mass is 32.2. The summed E-state index contributed by atoms with van der Waals surface area (Å²) in [5.74, 6) is -0.959. The summed E-state index contributed by atoms with van der Waals surface area (Å²) in [6, 6.07) is 4.32. The molecule has 0 saturated carbocycles. The molecule has 27 heavy (non-hydrogen) atoms. The highest BCUT2D eigenvalue weighted by molar-refractivity contribution is 7.93. The number of nitrogens with two attached hydrogens (primary N) is 1. The third-order valence-corrected chi connectivity index (χ3v) is 8.43. The first kappa shape index (κ1) is 19.9. The van der Waals surface area contributed by atoms with Gasteiger partial charge in [-0.1, -0.05) is 6.07 Å². The molecule has 0 radical (unpaired) electrons. The lowest BCUT2D eigenvalue weighted by Crippen LogP contribution is -2.55. The monoisotopic (exact) mass is 396 g/mol. The normalized spacial score (nSPS) is 28.1. The van der Waals surface area contributed by atoms with E-state index in [1.54, 1.807) is 6.92 Å². The molecule has 0 amide bonds. The number of amidine groups is 1. The largest absolute Gasteiger partial charge is 0.386 e. The van der Waals surface area contributed by atoms with E-state index in [1.807, 2.05) is 6.92 Å². The molecule has 2 aliphatic heterocycles. The number of sulfone groups is 1. The number of aliphatic imine (C=N–C) groups is 1. The summed E-state index contributed by atoms with van der Waals surface area (Å²) in [6.07, 6.45) is 0.126. The second kappa shape index (κ2) is 6.10. The molecular formula is C19H25FN2O4S. The van der Waals surface area contributed by atoms with E-state index in [-0.39, 0.29) is 29.4 Å². The predicted molar refractivity (Wildman–Crippen MR) is 101 cm³/mol. The molecule has 6 nitrogen and oxygen atoms in total. The maximum Gasteiger partial charge on any atom is 0.165 e. The molecule has 0 aromatic heterocycles. The van der Waals surface area contributed by atoms with E-state index < -0.39 is 31.4 Å². The first-order chi connectivity index (χ1) is 12.3. The number of carbonyl (C=O) groups is 1. The van der Waals surface area contributed by atoms with Crippen molar-refractivity contribution < 1.29 is 22.3 Å². The van der Waals surface area contributed by atoms with Gasteiger partial charge in [-0.3, -0.25) is 9.79 Å². The summed E-state index contributed by atoms with van der Waals surface area (Å²) in [5.41, 5.74) is 4.82. The van der Waals surface area contributed by atoms with Crippen LogP contribution in [0.1, 0.15) is 38.8 Å². The van der Waals surface area contributed by atoms with Crippen molar-refractivity contribution in [3.63, 3.8) is 0 Å². The zero-order valence-corrected chi connectivity index (χ0v) is 16.8. The third-order valence-electron chi connectivity index (χ3n) is 5.72. The molecule has 1 atom stereocenters. The van der Waals surface area contributed by atoms with E-state index in [1.165, 1.54) is 32.0 Å². The number of hydrogen-bond donors (Lipinski definition) is 1. The van der Waals surface area contributed by atoms with Crippen molar-refractivity contribution in [3.05, 3.63) is 35.1 Å². The Morgan fingerprint density at radius 1 is 1.26 bits per heavy atom. The van der Waals surface area contributed by atoms with Crippen LogP contribution in [0.25, 0.3) is 0 Å². The summed E-state index contributed by atoms with van der Waals surface area (Å²) in [4.78, 5) is 16.9. The smallest absolute Gasteiger partial charge is 0.165 e. The number of ketones is 1. The molecule has 3 rings (SSSR count). The van der Waals surface area contributed by atoms with Gasteiger partial charge in [-0.25, -0.2) is 12.8 Å². The van der Waals surface area contributed by atoms with Gasteiger partial charge in [0.05, 0.1) is 24.4 Å². The highest BCUT2D eigenvalue weighted by Gasteiger charge is 2.49. The molecule has 0 bridgehead atoms. The van der Waals surface area contributed by atoms with Crippen LogP contribution in [-0.2, 0) is 31.3 Å². The van der Waals surface area contributed by atoms with Gasteiger partial charge in [0.25, 0.3) is 0 Å². The van der Waals surface area contributed by atoms with Crippen LogP contribution in [0, 0.1) is 11.2 Å². The first-order valence-corrected chi connectivity index (χ1v) is 10.4. The second-order valence-corrected chi connectivity index (χ2v) is 11.0. The number of rotatable bonds is 4. The molecule has 8 heteroatoms. The Balaban J connectivity index is 1.99. The molecule has 1 aromatic carbocycles. The van der Waals surface area contributed by atoms with Crippen LogP contribution in [0.15, 0.2) is 23.2 Å². The van der Waals surface area contributed by atoms with Gasteiger partial charge in [-0.2, -0.15) is 0 Å². The minimum atomic E-state index is -3.64. The Hall–Kier alpha value is -1.80. The zero-order valence-electron chi connectivity index (χ0n) is 16.0. The van der Waals surface area contributed by atoms with Crippen molar-refractivity contribution in [2.75, 3.05) is 19.0 Å². The molecule has 1 aromatic rings. The van der Waals surface area contributed by atoms with Crippen LogP contribution < -0.4 is 5.73 Å².